The first-order chi connectivity index (χ1) is 16.0. The highest BCUT2D eigenvalue weighted by Crippen LogP contribution is 2.22. The fourth-order valence-corrected chi connectivity index (χ4v) is 4.38. The van der Waals surface area contributed by atoms with Gasteiger partial charge in [-0.15, -0.1) is 0 Å². The standard InChI is InChI=1S/C24H28BrN5O3/c1-17(22-27-21-6-4-3-5-20(21)23(31)30(22)15-16-33-2)28-11-13-29(14-12-28)24(32)26-19-9-7-18(25)8-10-19/h3-10,17H,11-16H2,1-2H3,(H,26,32). The summed E-state index contributed by atoms with van der Waals surface area (Å²) in [6.07, 6.45) is 0. The fourth-order valence-electron chi connectivity index (χ4n) is 4.11. The lowest BCUT2D eigenvalue weighted by Gasteiger charge is -2.38. The molecule has 2 heterocycles. The summed E-state index contributed by atoms with van der Waals surface area (Å²) in [5.74, 6) is 0.725. The number of methoxy groups -OCH3 is 1. The fraction of sp³-hybridized carbons (Fsp3) is 0.375. The molecule has 9 heteroatoms. The van der Waals surface area contributed by atoms with Crippen molar-refractivity contribution in [2.45, 2.75) is 19.5 Å². The Morgan fingerprint density at radius 2 is 1.82 bits per heavy atom. The number of nitrogens with one attached hydrogen (secondary N) is 1. The number of carbonyl (C=O) groups is 1. The van der Waals surface area contributed by atoms with Gasteiger partial charge in [0.1, 0.15) is 5.82 Å². The van der Waals surface area contributed by atoms with Crippen molar-refractivity contribution in [3.05, 3.63) is 69.2 Å². The van der Waals surface area contributed by atoms with Crippen LogP contribution in [0, 0.1) is 0 Å². The number of amides is 2. The van der Waals surface area contributed by atoms with Crippen LogP contribution in [0.5, 0.6) is 0 Å². The smallest absolute Gasteiger partial charge is 0.321 e. The van der Waals surface area contributed by atoms with E-state index in [9.17, 15) is 9.59 Å². The minimum Gasteiger partial charge on any atom is -0.383 e. The summed E-state index contributed by atoms with van der Waals surface area (Å²) in [6, 6.07) is 14.8. The van der Waals surface area contributed by atoms with Gasteiger partial charge in [0, 0.05) is 43.4 Å². The number of piperazine rings is 1. The lowest BCUT2D eigenvalue weighted by Crippen LogP contribution is -2.51. The van der Waals surface area contributed by atoms with E-state index in [4.69, 9.17) is 9.72 Å². The molecule has 1 aliphatic heterocycles. The van der Waals surface area contributed by atoms with E-state index < -0.39 is 0 Å². The molecule has 1 unspecified atom stereocenters. The Labute approximate surface area is 201 Å². The summed E-state index contributed by atoms with van der Waals surface area (Å²) in [6.45, 7) is 5.54. The van der Waals surface area contributed by atoms with Gasteiger partial charge >= 0.3 is 6.03 Å². The van der Waals surface area contributed by atoms with Crippen LogP contribution in [0.1, 0.15) is 18.8 Å². The Bertz CT molecular complexity index is 1170. The molecule has 1 N–H and O–H groups in total. The molecule has 1 atom stereocenters. The van der Waals surface area contributed by atoms with Crippen LogP contribution in [0.15, 0.2) is 57.8 Å². The number of ether oxygens (including phenoxy) is 1. The number of aromatic nitrogens is 2. The van der Waals surface area contributed by atoms with E-state index >= 15 is 0 Å². The molecule has 1 saturated heterocycles. The maximum atomic E-state index is 13.2. The first-order valence-electron chi connectivity index (χ1n) is 11.0. The van der Waals surface area contributed by atoms with E-state index in [2.05, 4.69) is 33.1 Å². The molecule has 0 radical (unpaired) electrons. The number of halogens is 1. The van der Waals surface area contributed by atoms with Gasteiger partial charge in [0.15, 0.2) is 0 Å². The zero-order chi connectivity index (χ0) is 23.4. The van der Waals surface area contributed by atoms with Gasteiger partial charge in [0.05, 0.1) is 30.1 Å². The van der Waals surface area contributed by atoms with E-state index in [0.29, 0.717) is 50.2 Å². The van der Waals surface area contributed by atoms with Crippen LogP contribution < -0.4 is 10.9 Å². The molecule has 0 spiro atoms. The van der Waals surface area contributed by atoms with Gasteiger partial charge in [-0.25, -0.2) is 9.78 Å². The number of carbonyl (C=O) groups excluding carboxylic acids is 1. The van der Waals surface area contributed by atoms with Crippen LogP contribution in [0.4, 0.5) is 10.5 Å². The Morgan fingerprint density at radius 3 is 2.52 bits per heavy atom. The second kappa shape index (κ2) is 10.5. The van der Waals surface area contributed by atoms with Crippen molar-refractivity contribution in [3.63, 3.8) is 0 Å². The second-order valence-corrected chi connectivity index (χ2v) is 8.99. The van der Waals surface area contributed by atoms with Gasteiger partial charge in [-0.05, 0) is 43.3 Å². The molecule has 0 saturated carbocycles. The molecule has 0 aliphatic carbocycles. The minimum absolute atomic E-state index is 0.0491. The number of anilines is 1. The normalized spacial score (nSPS) is 15.5. The average molecular weight is 514 g/mol. The Morgan fingerprint density at radius 1 is 1.12 bits per heavy atom. The van der Waals surface area contributed by atoms with E-state index in [1.165, 1.54) is 0 Å². The molecular weight excluding hydrogens is 486 g/mol. The van der Waals surface area contributed by atoms with Gasteiger partial charge < -0.3 is 15.0 Å². The predicted octanol–water partition coefficient (Wildman–Crippen LogP) is 3.72. The van der Waals surface area contributed by atoms with E-state index in [-0.39, 0.29) is 17.6 Å². The number of urea groups is 1. The molecule has 1 fully saturated rings. The molecule has 2 aromatic carbocycles. The molecule has 3 aromatic rings. The maximum Gasteiger partial charge on any atom is 0.321 e. The van der Waals surface area contributed by atoms with E-state index in [0.717, 1.165) is 16.0 Å². The van der Waals surface area contributed by atoms with Gasteiger partial charge in [0.2, 0.25) is 0 Å². The first kappa shape index (κ1) is 23.4. The summed E-state index contributed by atoms with van der Waals surface area (Å²) in [5, 5.41) is 3.56. The molecule has 2 amide bonds. The first-order valence-corrected chi connectivity index (χ1v) is 11.8. The van der Waals surface area contributed by atoms with Gasteiger partial charge in [-0.3, -0.25) is 14.3 Å². The number of benzene rings is 2. The Hall–Kier alpha value is -2.75. The van der Waals surface area contributed by atoms with Crippen LogP contribution in [-0.2, 0) is 11.3 Å². The zero-order valence-electron chi connectivity index (χ0n) is 18.8. The van der Waals surface area contributed by atoms with Crippen molar-refractivity contribution < 1.29 is 9.53 Å². The lowest BCUT2D eigenvalue weighted by molar-refractivity contribution is 0.112. The van der Waals surface area contributed by atoms with Crippen molar-refractivity contribution in [1.29, 1.82) is 0 Å². The number of rotatable bonds is 6. The van der Waals surface area contributed by atoms with Crippen molar-refractivity contribution in [3.8, 4) is 0 Å². The maximum absolute atomic E-state index is 13.2. The summed E-state index contributed by atoms with van der Waals surface area (Å²) in [5.41, 5.74) is 1.42. The average Bonchev–Trinajstić information content (AvgIpc) is 2.84. The van der Waals surface area contributed by atoms with E-state index in [1.807, 2.05) is 53.4 Å². The highest BCUT2D eigenvalue weighted by molar-refractivity contribution is 9.10. The molecular formula is C24H28BrN5O3. The number of para-hydroxylation sites is 1. The molecule has 8 nitrogen and oxygen atoms in total. The quantitative estimate of drug-likeness (QED) is 0.543. The molecule has 1 aromatic heterocycles. The van der Waals surface area contributed by atoms with Crippen LogP contribution in [0.2, 0.25) is 0 Å². The third-order valence-corrected chi connectivity index (χ3v) is 6.56. The molecule has 0 bridgehead atoms. The van der Waals surface area contributed by atoms with Crippen molar-refractivity contribution in [2.24, 2.45) is 0 Å². The predicted molar refractivity (Wildman–Crippen MR) is 133 cm³/mol. The van der Waals surface area contributed by atoms with Gasteiger partial charge in [-0.2, -0.15) is 0 Å². The second-order valence-electron chi connectivity index (χ2n) is 8.07. The van der Waals surface area contributed by atoms with Crippen molar-refractivity contribution in [2.75, 3.05) is 45.2 Å². The highest BCUT2D eigenvalue weighted by atomic mass is 79.9. The largest absolute Gasteiger partial charge is 0.383 e. The topological polar surface area (TPSA) is 79.7 Å². The summed E-state index contributed by atoms with van der Waals surface area (Å²) < 4.78 is 7.93. The summed E-state index contributed by atoms with van der Waals surface area (Å²) in [7, 11) is 1.63. The van der Waals surface area contributed by atoms with E-state index in [1.54, 1.807) is 11.7 Å². The molecule has 4 rings (SSSR count). The monoisotopic (exact) mass is 513 g/mol. The van der Waals surface area contributed by atoms with Crippen molar-refractivity contribution >= 4 is 38.6 Å². The van der Waals surface area contributed by atoms with Gasteiger partial charge in [-0.1, -0.05) is 28.1 Å². The molecule has 1 aliphatic rings. The van der Waals surface area contributed by atoms with Gasteiger partial charge in [0.25, 0.3) is 5.56 Å². The van der Waals surface area contributed by atoms with Crippen LogP contribution in [0.3, 0.4) is 0 Å². The SMILES string of the molecule is COCCn1c(C(C)N2CCN(C(=O)Nc3ccc(Br)cc3)CC2)nc2ccccc2c1=O. The lowest BCUT2D eigenvalue weighted by atomic mass is 10.2. The highest BCUT2D eigenvalue weighted by Gasteiger charge is 2.27. The zero-order valence-corrected chi connectivity index (χ0v) is 20.4. The molecule has 33 heavy (non-hydrogen) atoms. The van der Waals surface area contributed by atoms with Crippen LogP contribution in [-0.4, -0.2) is 65.3 Å². The third kappa shape index (κ3) is 5.26. The summed E-state index contributed by atoms with van der Waals surface area (Å²) >= 11 is 3.40. The summed E-state index contributed by atoms with van der Waals surface area (Å²) in [4.78, 5) is 34.8. The Kier molecular flexibility index (Phi) is 7.42. The number of fused-ring (bicyclic) bond motifs is 1. The molecule has 174 valence electrons. The third-order valence-electron chi connectivity index (χ3n) is 6.03. The number of nitrogens with zero attached hydrogens (tertiary/aromatic N) is 4. The van der Waals surface area contributed by atoms with Crippen molar-refractivity contribution in [1.82, 2.24) is 19.4 Å². The Balaban J connectivity index is 1.48. The number of hydrogen-bond acceptors (Lipinski definition) is 5. The van der Waals surface area contributed by atoms with Crippen LogP contribution >= 0.6 is 15.9 Å². The minimum atomic E-state index is -0.106. The number of hydrogen-bond donors (Lipinski definition) is 1. The van der Waals surface area contributed by atoms with Crippen LogP contribution in [0.25, 0.3) is 10.9 Å².